The first kappa shape index (κ1) is 16.0. The zero-order chi connectivity index (χ0) is 16.9. The van der Waals surface area contributed by atoms with E-state index in [1.807, 2.05) is 42.5 Å². The summed E-state index contributed by atoms with van der Waals surface area (Å²) in [6, 6.07) is 13.0. The topological polar surface area (TPSA) is 68.6 Å². The summed E-state index contributed by atoms with van der Waals surface area (Å²) in [6.07, 6.45) is 1.63. The standard InChI is InChI=1S/C17H15ClN4O2/c1-23-14-8-7-11(9-15(14)24-2)10-19-22-17-16(18)20-12-5-3-4-6-13(12)21-17/h3-10H,1-2H3,(H,21,22)/b19-10+. The molecule has 24 heavy (non-hydrogen) atoms. The Bertz CT molecular complexity index is 899. The number of aromatic nitrogens is 2. The van der Waals surface area contributed by atoms with E-state index in [1.165, 1.54) is 0 Å². The van der Waals surface area contributed by atoms with Gasteiger partial charge < -0.3 is 9.47 Å². The lowest BCUT2D eigenvalue weighted by Crippen LogP contribution is -1.98. The van der Waals surface area contributed by atoms with Crippen LogP contribution in [0, 0.1) is 0 Å². The molecule has 0 aliphatic rings. The minimum atomic E-state index is 0.262. The highest BCUT2D eigenvalue weighted by Gasteiger charge is 2.06. The number of hydrogen-bond donors (Lipinski definition) is 1. The number of nitrogens with zero attached hydrogens (tertiary/aromatic N) is 3. The fraction of sp³-hybridized carbons (Fsp3) is 0.118. The number of halogens is 1. The monoisotopic (exact) mass is 342 g/mol. The number of ether oxygens (including phenoxy) is 2. The maximum absolute atomic E-state index is 6.13. The highest BCUT2D eigenvalue weighted by atomic mass is 35.5. The molecule has 0 unspecified atom stereocenters. The van der Waals surface area contributed by atoms with Crippen LogP contribution in [-0.4, -0.2) is 30.4 Å². The molecule has 6 nitrogen and oxygen atoms in total. The second kappa shape index (κ2) is 7.14. The average Bonchev–Trinajstić information content (AvgIpc) is 2.62. The number of para-hydroxylation sites is 2. The molecule has 0 saturated heterocycles. The molecule has 3 aromatic rings. The van der Waals surface area contributed by atoms with Crippen molar-refractivity contribution >= 4 is 34.7 Å². The normalized spacial score (nSPS) is 11.0. The molecule has 1 heterocycles. The third-order valence-electron chi connectivity index (χ3n) is 3.32. The van der Waals surface area contributed by atoms with Gasteiger partial charge in [0.2, 0.25) is 0 Å². The first-order valence-electron chi connectivity index (χ1n) is 7.14. The molecule has 0 saturated carbocycles. The molecule has 0 radical (unpaired) electrons. The number of anilines is 1. The fourth-order valence-electron chi connectivity index (χ4n) is 2.15. The van der Waals surface area contributed by atoms with Gasteiger partial charge >= 0.3 is 0 Å². The van der Waals surface area contributed by atoms with Gasteiger partial charge in [0.25, 0.3) is 0 Å². The molecule has 1 aromatic heterocycles. The molecule has 2 aromatic carbocycles. The fourth-order valence-corrected chi connectivity index (χ4v) is 2.33. The van der Waals surface area contributed by atoms with Gasteiger partial charge in [-0.1, -0.05) is 23.7 Å². The Kier molecular flexibility index (Phi) is 4.77. The predicted molar refractivity (Wildman–Crippen MR) is 95.3 cm³/mol. The molecule has 0 aliphatic heterocycles. The third kappa shape index (κ3) is 3.38. The molecule has 122 valence electrons. The number of nitrogens with one attached hydrogen (secondary N) is 1. The quantitative estimate of drug-likeness (QED) is 0.565. The van der Waals surface area contributed by atoms with Gasteiger partial charge in [-0.05, 0) is 35.9 Å². The van der Waals surface area contributed by atoms with Crippen LogP contribution >= 0.6 is 11.6 Å². The zero-order valence-corrected chi connectivity index (χ0v) is 13.9. The van der Waals surface area contributed by atoms with E-state index >= 15 is 0 Å². The van der Waals surface area contributed by atoms with Gasteiger partial charge in [-0.3, -0.25) is 5.43 Å². The van der Waals surface area contributed by atoms with Gasteiger partial charge in [0.15, 0.2) is 22.5 Å². The van der Waals surface area contributed by atoms with Crippen LogP contribution in [0.15, 0.2) is 47.6 Å². The van der Waals surface area contributed by atoms with Gasteiger partial charge in [-0.15, -0.1) is 0 Å². The van der Waals surface area contributed by atoms with Crippen LogP contribution in [0.5, 0.6) is 11.5 Å². The van der Waals surface area contributed by atoms with Crippen molar-refractivity contribution in [2.24, 2.45) is 5.10 Å². The molecule has 3 rings (SSSR count). The van der Waals surface area contributed by atoms with Crippen molar-refractivity contribution in [2.75, 3.05) is 19.6 Å². The zero-order valence-electron chi connectivity index (χ0n) is 13.2. The van der Waals surface area contributed by atoms with E-state index < -0.39 is 0 Å². The molecular formula is C17H15ClN4O2. The highest BCUT2D eigenvalue weighted by molar-refractivity contribution is 6.32. The maximum Gasteiger partial charge on any atom is 0.185 e. The Morgan fingerprint density at radius 3 is 2.42 bits per heavy atom. The smallest absolute Gasteiger partial charge is 0.185 e. The summed E-state index contributed by atoms with van der Waals surface area (Å²) in [7, 11) is 3.18. The minimum Gasteiger partial charge on any atom is -0.493 e. The van der Waals surface area contributed by atoms with E-state index in [0.29, 0.717) is 17.3 Å². The van der Waals surface area contributed by atoms with Crippen molar-refractivity contribution < 1.29 is 9.47 Å². The maximum atomic E-state index is 6.13. The Labute approximate surface area is 144 Å². The summed E-state index contributed by atoms with van der Waals surface area (Å²) in [5.74, 6) is 1.68. The van der Waals surface area contributed by atoms with E-state index in [0.717, 1.165) is 16.6 Å². The Balaban J connectivity index is 1.80. The summed E-state index contributed by atoms with van der Waals surface area (Å²) in [6.45, 7) is 0. The minimum absolute atomic E-state index is 0.262. The number of rotatable bonds is 5. The third-order valence-corrected chi connectivity index (χ3v) is 3.58. The summed E-state index contributed by atoms with van der Waals surface area (Å²) < 4.78 is 10.5. The molecule has 0 bridgehead atoms. The number of benzene rings is 2. The second-order valence-corrected chi connectivity index (χ2v) is 5.19. The summed E-state index contributed by atoms with van der Waals surface area (Å²) in [5, 5.41) is 4.41. The number of hydrogen-bond acceptors (Lipinski definition) is 6. The van der Waals surface area contributed by atoms with Crippen molar-refractivity contribution in [1.82, 2.24) is 9.97 Å². The van der Waals surface area contributed by atoms with Gasteiger partial charge in [-0.2, -0.15) is 5.10 Å². The lowest BCUT2D eigenvalue weighted by molar-refractivity contribution is 0.355. The molecule has 0 amide bonds. The number of methoxy groups -OCH3 is 2. The van der Waals surface area contributed by atoms with Crippen LogP contribution in [0.4, 0.5) is 5.82 Å². The highest BCUT2D eigenvalue weighted by Crippen LogP contribution is 2.27. The average molecular weight is 343 g/mol. The lowest BCUT2D eigenvalue weighted by atomic mass is 10.2. The Morgan fingerprint density at radius 2 is 1.71 bits per heavy atom. The van der Waals surface area contributed by atoms with E-state index in [-0.39, 0.29) is 5.15 Å². The second-order valence-electron chi connectivity index (χ2n) is 4.84. The SMILES string of the molecule is COc1ccc(/C=N/Nc2nc3ccccc3nc2Cl)cc1OC. The molecule has 0 atom stereocenters. The van der Waals surface area contributed by atoms with Crippen molar-refractivity contribution in [3.05, 3.63) is 53.2 Å². The molecule has 0 fully saturated rings. The molecule has 7 heteroatoms. The van der Waals surface area contributed by atoms with Crippen LogP contribution in [0.25, 0.3) is 11.0 Å². The first-order valence-corrected chi connectivity index (χ1v) is 7.52. The molecule has 0 aliphatic carbocycles. The van der Waals surface area contributed by atoms with E-state index in [2.05, 4.69) is 20.5 Å². The van der Waals surface area contributed by atoms with Crippen molar-refractivity contribution in [1.29, 1.82) is 0 Å². The summed E-state index contributed by atoms with van der Waals surface area (Å²) in [4.78, 5) is 8.68. The molecule has 0 spiro atoms. The first-order chi connectivity index (χ1) is 11.7. The predicted octanol–water partition coefficient (Wildman–Crippen LogP) is 3.75. The van der Waals surface area contributed by atoms with Crippen molar-refractivity contribution in [3.63, 3.8) is 0 Å². The van der Waals surface area contributed by atoms with Crippen molar-refractivity contribution in [2.45, 2.75) is 0 Å². The van der Waals surface area contributed by atoms with Gasteiger partial charge in [-0.25, -0.2) is 9.97 Å². The number of hydrazone groups is 1. The lowest BCUT2D eigenvalue weighted by Gasteiger charge is -2.07. The largest absolute Gasteiger partial charge is 0.493 e. The van der Waals surface area contributed by atoms with Gasteiger partial charge in [0, 0.05) is 0 Å². The van der Waals surface area contributed by atoms with Gasteiger partial charge in [0.05, 0.1) is 31.5 Å². The number of fused-ring (bicyclic) bond motifs is 1. The van der Waals surface area contributed by atoms with E-state index in [4.69, 9.17) is 21.1 Å². The van der Waals surface area contributed by atoms with Crippen molar-refractivity contribution in [3.8, 4) is 11.5 Å². The molecule has 1 N–H and O–H groups in total. The van der Waals surface area contributed by atoms with Crippen LogP contribution in [0.1, 0.15) is 5.56 Å². The summed E-state index contributed by atoms with van der Waals surface area (Å²) in [5.41, 5.74) is 5.12. The van der Waals surface area contributed by atoms with Crippen LogP contribution < -0.4 is 14.9 Å². The Morgan fingerprint density at radius 1 is 1.00 bits per heavy atom. The Hall–Kier alpha value is -2.86. The van der Waals surface area contributed by atoms with Crippen LogP contribution in [-0.2, 0) is 0 Å². The molecular weight excluding hydrogens is 328 g/mol. The van der Waals surface area contributed by atoms with Crippen LogP contribution in [0.2, 0.25) is 5.15 Å². The summed E-state index contributed by atoms with van der Waals surface area (Å²) >= 11 is 6.13. The van der Waals surface area contributed by atoms with Gasteiger partial charge in [0.1, 0.15) is 0 Å². The van der Waals surface area contributed by atoms with E-state index in [1.54, 1.807) is 20.4 Å². The van der Waals surface area contributed by atoms with Crippen LogP contribution in [0.3, 0.4) is 0 Å². The van der Waals surface area contributed by atoms with E-state index in [9.17, 15) is 0 Å².